The summed E-state index contributed by atoms with van der Waals surface area (Å²) in [5, 5.41) is 2.90. The number of nitrogens with zero attached hydrogens (tertiary/aromatic N) is 2. The van der Waals surface area contributed by atoms with Crippen LogP contribution in [0.1, 0.15) is 155 Å². The van der Waals surface area contributed by atoms with Crippen LogP contribution in [-0.4, -0.2) is 50.1 Å². The first-order chi connectivity index (χ1) is 21.2. The Kier molecular flexibility index (Phi) is 26.0. The van der Waals surface area contributed by atoms with Gasteiger partial charge >= 0.3 is 6.09 Å². The number of hydrogen-bond acceptors (Lipinski definition) is 4. The van der Waals surface area contributed by atoms with Crippen LogP contribution < -0.4 is 10.2 Å². The molecule has 0 spiro atoms. The lowest BCUT2D eigenvalue weighted by atomic mass is 10.0. The number of unbranched alkanes of at least 4 members (excludes halogenated alkanes) is 17. The third-order valence-electron chi connectivity index (χ3n) is 8.39. The molecule has 0 aromatic heterocycles. The topological polar surface area (TPSA) is 61.9 Å². The van der Waals surface area contributed by atoms with Gasteiger partial charge in [0.1, 0.15) is 6.61 Å². The molecule has 0 saturated heterocycles. The second kappa shape index (κ2) is 28.7. The minimum Gasteiger partial charge on any atom is -0.445 e. The molecule has 1 rings (SSSR count). The first-order valence-corrected chi connectivity index (χ1v) is 18.1. The molecule has 0 atom stereocenters. The van der Waals surface area contributed by atoms with E-state index in [-0.39, 0.29) is 6.61 Å². The maximum absolute atomic E-state index is 12.4. The number of carbonyl (C=O) groups is 2. The van der Waals surface area contributed by atoms with Crippen LogP contribution in [0.15, 0.2) is 24.3 Å². The fourth-order valence-electron chi connectivity index (χ4n) is 5.58. The number of para-hydroxylation sites is 1. The van der Waals surface area contributed by atoms with E-state index in [1.54, 1.807) is 4.90 Å². The lowest BCUT2D eigenvalue weighted by Gasteiger charge is -2.22. The van der Waals surface area contributed by atoms with E-state index in [0.29, 0.717) is 13.1 Å². The maximum Gasteiger partial charge on any atom is 0.407 e. The molecular formula is C37H67N3O3. The largest absolute Gasteiger partial charge is 0.445 e. The Balaban J connectivity index is 2.22. The molecule has 0 heterocycles. The normalized spacial score (nSPS) is 11.2. The monoisotopic (exact) mass is 602 g/mol. The predicted octanol–water partition coefficient (Wildman–Crippen LogP) is 10.0. The van der Waals surface area contributed by atoms with Crippen molar-refractivity contribution < 1.29 is 14.3 Å². The second-order valence-electron chi connectivity index (χ2n) is 12.3. The molecule has 248 valence electrons. The van der Waals surface area contributed by atoms with Crippen LogP contribution in [0.25, 0.3) is 0 Å². The van der Waals surface area contributed by atoms with Gasteiger partial charge in [0.2, 0.25) is 6.41 Å². The van der Waals surface area contributed by atoms with Gasteiger partial charge in [-0.2, -0.15) is 0 Å². The molecule has 0 saturated carbocycles. The summed E-state index contributed by atoms with van der Waals surface area (Å²) < 4.78 is 5.53. The number of ether oxygens (including phenoxy) is 1. The van der Waals surface area contributed by atoms with Gasteiger partial charge in [-0.05, 0) is 38.4 Å². The summed E-state index contributed by atoms with van der Waals surface area (Å²) >= 11 is 0. The fourth-order valence-corrected chi connectivity index (χ4v) is 5.58. The molecule has 0 aliphatic carbocycles. The zero-order valence-electron chi connectivity index (χ0n) is 28.4. The highest BCUT2D eigenvalue weighted by molar-refractivity contribution is 5.77. The van der Waals surface area contributed by atoms with Crippen molar-refractivity contribution in [1.82, 2.24) is 10.2 Å². The van der Waals surface area contributed by atoms with Gasteiger partial charge in [0, 0.05) is 30.9 Å². The average molecular weight is 602 g/mol. The van der Waals surface area contributed by atoms with Crippen LogP contribution in [-0.2, 0) is 16.1 Å². The third-order valence-corrected chi connectivity index (χ3v) is 8.39. The van der Waals surface area contributed by atoms with Crippen LogP contribution >= 0.6 is 0 Å². The Bertz CT molecular complexity index is 780. The van der Waals surface area contributed by atoms with Gasteiger partial charge in [-0.25, -0.2) is 4.79 Å². The van der Waals surface area contributed by atoms with E-state index >= 15 is 0 Å². The van der Waals surface area contributed by atoms with Crippen molar-refractivity contribution in [2.24, 2.45) is 0 Å². The number of amides is 2. The van der Waals surface area contributed by atoms with Crippen molar-refractivity contribution >= 4 is 18.2 Å². The average Bonchev–Trinajstić information content (AvgIpc) is 3.03. The smallest absolute Gasteiger partial charge is 0.407 e. The molecule has 1 aromatic rings. The van der Waals surface area contributed by atoms with Gasteiger partial charge in [-0.1, -0.05) is 148 Å². The number of anilines is 1. The van der Waals surface area contributed by atoms with Gasteiger partial charge in [0.05, 0.1) is 0 Å². The van der Waals surface area contributed by atoms with Crippen LogP contribution in [0.5, 0.6) is 0 Å². The number of rotatable bonds is 30. The molecule has 6 nitrogen and oxygen atoms in total. The predicted molar refractivity (Wildman–Crippen MR) is 184 cm³/mol. The van der Waals surface area contributed by atoms with Gasteiger partial charge in [-0.15, -0.1) is 0 Å². The van der Waals surface area contributed by atoms with E-state index in [2.05, 4.69) is 31.0 Å². The van der Waals surface area contributed by atoms with Gasteiger partial charge in [-0.3, -0.25) is 4.79 Å². The molecule has 43 heavy (non-hydrogen) atoms. The first kappa shape index (κ1) is 38.9. The quantitative estimate of drug-likeness (QED) is 0.0704. The third kappa shape index (κ3) is 21.3. The lowest BCUT2D eigenvalue weighted by molar-refractivity contribution is -0.107. The Morgan fingerprint density at radius 2 is 1.14 bits per heavy atom. The molecule has 6 heteroatoms. The molecule has 0 aliphatic rings. The SMILES string of the molecule is CCCCCCCCCCCCCCCCCCN(C=O)c1ccccc1COC(=O)NCCN(CCCC)CCCC. The summed E-state index contributed by atoms with van der Waals surface area (Å²) in [4.78, 5) is 28.5. The lowest BCUT2D eigenvalue weighted by Crippen LogP contribution is -2.36. The molecule has 1 N–H and O–H groups in total. The van der Waals surface area contributed by atoms with Crippen molar-refractivity contribution in [3.63, 3.8) is 0 Å². The molecule has 0 unspecified atom stereocenters. The molecule has 1 aromatic carbocycles. The highest BCUT2D eigenvalue weighted by atomic mass is 16.5. The van der Waals surface area contributed by atoms with Crippen LogP contribution in [0, 0.1) is 0 Å². The molecule has 0 bridgehead atoms. The molecular weight excluding hydrogens is 534 g/mol. The minimum atomic E-state index is -0.406. The van der Waals surface area contributed by atoms with Crippen LogP contribution in [0.2, 0.25) is 0 Å². The highest BCUT2D eigenvalue weighted by Crippen LogP contribution is 2.21. The van der Waals surface area contributed by atoms with E-state index < -0.39 is 6.09 Å². The van der Waals surface area contributed by atoms with Crippen LogP contribution in [0.3, 0.4) is 0 Å². The minimum absolute atomic E-state index is 0.153. The fraction of sp³-hybridized carbons (Fsp3) is 0.784. The summed E-state index contributed by atoms with van der Waals surface area (Å²) in [6, 6.07) is 7.74. The second-order valence-corrected chi connectivity index (χ2v) is 12.3. The van der Waals surface area contributed by atoms with Crippen molar-refractivity contribution in [2.75, 3.05) is 37.6 Å². The van der Waals surface area contributed by atoms with E-state index in [9.17, 15) is 9.59 Å². The zero-order chi connectivity index (χ0) is 31.2. The van der Waals surface area contributed by atoms with Gasteiger partial charge in [0.25, 0.3) is 0 Å². The van der Waals surface area contributed by atoms with E-state index in [4.69, 9.17) is 4.74 Å². The Morgan fingerprint density at radius 3 is 1.65 bits per heavy atom. The summed E-state index contributed by atoms with van der Waals surface area (Å²) in [5.74, 6) is 0. The van der Waals surface area contributed by atoms with E-state index in [1.807, 2.05) is 24.3 Å². The number of benzene rings is 1. The molecule has 0 aliphatic heterocycles. The molecule has 2 amide bonds. The number of alkyl carbamates (subject to hydrolysis) is 1. The standard InChI is InChI=1S/C37H67N3O3/c1-4-7-10-11-12-13-14-15-16-17-18-19-20-21-22-25-31-40(34-41)36-27-24-23-26-35(36)33-43-37(42)38-28-32-39(29-8-5-2)30-9-6-3/h23-24,26-27,34H,4-22,25,28-33H2,1-3H3,(H,38,42). The molecule has 0 radical (unpaired) electrons. The van der Waals surface area contributed by atoms with Gasteiger partial charge < -0.3 is 19.9 Å². The summed E-state index contributed by atoms with van der Waals surface area (Å²) in [7, 11) is 0. The summed E-state index contributed by atoms with van der Waals surface area (Å²) in [5.41, 5.74) is 1.69. The Hall–Kier alpha value is -2.08. The Labute approximate surface area is 265 Å². The Morgan fingerprint density at radius 1 is 0.651 bits per heavy atom. The van der Waals surface area contributed by atoms with E-state index in [0.717, 1.165) is 50.1 Å². The highest BCUT2D eigenvalue weighted by Gasteiger charge is 2.12. The number of nitrogens with one attached hydrogen (secondary N) is 1. The van der Waals surface area contributed by atoms with Gasteiger partial charge in [0.15, 0.2) is 0 Å². The van der Waals surface area contributed by atoms with E-state index in [1.165, 1.54) is 116 Å². The zero-order valence-corrected chi connectivity index (χ0v) is 28.4. The molecule has 0 fully saturated rings. The van der Waals surface area contributed by atoms with Crippen molar-refractivity contribution in [2.45, 2.75) is 156 Å². The van der Waals surface area contributed by atoms with Crippen molar-refractivity contribution in [3.8, 4) is 0 Å². The van der Waals surface area contributed by atoms with Crippen molar-refractivity contribution in [1.29, 1.82) is 0 Å². The maximum atomic E-state index is 12.4. The number of hydrogen-bond donors (Lipinski definition) is 1. The van der Waals surface area contributed by atoms with Crippen LogP contribution in [0.4, 0.5) is 10.5 Å². The number of carbonyl (C=O) groups excluding carboxylic acids is 2. The summed E-state index contributed by atoms with van der Waals surface area (Å²) in [6.45, 7) is 11.1. The van der Waals surface area contributed by atoms with Crippen molar-refractivity contribution in [3.05, 3.63) is 29.8 Å². The summed E-state index contributed by atoms with van der Waals surface area (Å²) in [6.07, 6.45) is 26.5. The first-order valence-electron chi connectivity index (χ1n) is 18.1.